The molecule has 2 heteroatoms. The molecule has 0 spiro atoms. The molecule has 0 aliphatic carbocycles. The van der Waals surface area contributed by atoms with Crippen molar-refractivity contribution < 1.29 is 0 Å². The minimum Gasteiger partial charge on any atom is -0.256 e. The Morgan fingerprint density at radius 3 is 2.24 bits per heavy atom. The fourth-order valence-electron chi connectivity index (χ4n) is 4.72. The Balaban J connectivity index is 1.66. The highest BCUT2D eigenvalue weighted by Crippen LogP contribution is 2.50. The molecular weight excluding hydrogens is 370 g/mol. The van der Waals surface area contributed by atoms with E-state index in [-0.39, 0.29) is 0 Å². The fraction of sp³-hybridized carbons (Fsp3) is 0. The van der Waals surface area contributed by atoms with Gasteiger partial charge in [-0.25, -0.2) is 0 Å². The van der Waals surface area contributed by atoms with E-state index in [9.17, 15) is 0 Å². The van der Waals surface area contributed by atoms with Gasteiger partial charge in [-0.05, 0) is 62.0 Å². The van der Waals surface area contributed by atoms with Crippen molar-refractivity contribution in [3.05, 3.63) is 91.1 Å². The van der Waals surface area contributed by atoms with E-state index in [1.165, 1.54) is 58.4 Å². The first-order chi connectivity index (χ1) is 14.4. The van der Waals surface area contributed by atoms with Crippen molar-refractivity contribution >= 4 is 54.9 Å². The zero-order chi connectivity index (χ0) is 18.9. The molecule has 0 atom stereocenters. The second-order valence-corrected chi connectivity index (χ2v) is 8.72. The van der Waals surface area contributed by atoms with E-state index >= 15 is 0 Å². The van der Waals surface area contributed by atoms with Crippen LogP contribution in [0.3, 0.4) is 0 Å². The summed E-state index contributed by atoms with van der Waals surface area (Å²) in [7, 11) is 0. The van der Waals surface area contributed by atoms with Crippen molar-refractivity contribution in [3.63, 3.8) is 0 Å². The number of hydrogen-bond acceptors (Lipinski definition) is 2. The largest absolute Gasteiger partial charge is 0.256 e. The van der Waals surface area contributed by atoms with E-state index in [1.54, 1.807) is 0 Å². The predicted octanol–water partition coefficient (Wildman–Crippen LogP) is 7.83. The molecule has 1 aromatic heterocycles. The van der Waals surface area contributed by atoms with Crippen LogP contribution < -0.4 is 0 Å². The molecule has 0 saturated heterocycles. The predicted molar refractivity (Wildman–Crippen MR) is 124 cm³/mol. The van der Waals surface area contributed by atoms with Crippen molar-refractivity contribution in [1.82, 2.24) is 4.98 Å². The molecule has 1 aliphatic heterocycles. The molecule has 0 radical (unpaired) electrons. The van der Waals surface area contributed by atoms with Crippen LogP contribution in [-0.4, -0.2) is 4.98 Å². The Morgan fingerprint density at radius 2 is 1.34 bits per heavy atom. The van der Waals surface area contributed by atoms with E-state index in [0.29, 0.717) is 0 Å². The van der Waals surface area contributed by atoms with Crippen molar-refractivity contribution in [1.29, 1.82) is 0 Å². The lowest BCUT2D eigenvalue weighted by Gasteiger charge is -2.21. The zero-order valence-electron chi connectivity index (χ0n) is 15.5. The van der Waals surface area contributed by atoms with Gasteiger partial charge in [0.1, 0.15) is 0 Å². The van der Waals surface area contributed by atoms with Gasteiger partial charge in [-0.15, -0.1) is 0 Å². The smallest absolute Gasteiger partial charge is 0.0803 e. The molecule has 0 fully saturated rings. The van der Waals surface area contributed by atoms with Crippen LogP contribution in [0.15, 0.2) is 101 Å². The van der Waals surface area contributed by atoms with Crippen molar-refractivity contribution in [3.8, 4) is 11.3 Å². The maximum atomic E-state index is 4.84. The van der Waals surface area contributed by atoms with Crippen LogP contribution in [0.2, 0.25) is 0 Å². The van der Waals surface area contributed by atoms with Gasteiger partial charge < -0.3 is 0 Å². The van der Waals surface area contributed by atoms with Crippen LogP contribution in [-0.2, 0) is 0 Å². The van der Waals surface area contributed by atoms with E-state index < -0.39 is 0 Å². The molecule has 0 bridgehead atoms. The molecule has 0 N–H and O–H groups in total. The molecular formula is C27H15NS. The third-order valence-corrected chi connectivity index (χ3v) is 7.16. The second kappa shape index (κ2) is 5.59. The summed E-state index contributed by atoms with van der Waals surface area (Å²) in [6, 6.07) is 30.9. The molecule has 0 amide bonds. The normalized spacial score (nSPS) is 12.7. The monoisotopic (exact) mass is 385 g/mol. The third-order valence-electron chi connectivity index (χ3n) is 6.06. The summed E-state index contributed by atoms with van der Waals surface area (Å²) >= 11 is 1.87. The van der Waals surface area contributed by atoms with E-state index in [1.807, 2.05) is 18.0 Å². The molecule has 1 nitrogen and oxygen atoms in total. The van der Waals surface area contributed by atoms with Crippen molar-refractivity contribution in [2.75, 3.05) is 0 Å². The Labute approximate surface area is 172 Å². The van der Waals surface area contributed by atoms with Gasteiger partial charge in [0.25, 0.3) is 0 Å². The molecule has 0 unspecified atom stereocenters. The summed E-state index contributed by atoms with van der Waals surface area (Å²) in [5.74, 6) is 0. The highest BCUT2D eigenvalue weighted by atomic mass is 32.2. The molecule has 7 rings (SSSR count). The Morgan fingerprint density at radius 1 is 0.552 bits per heavy atom. The SMILES string of the molecule is c1ccc2cc3c(cc2c1)Sc1cc2c4ccccc4ccc2c2ccnc-3c12. The summed E-state index contributed by atoms with van der Waals surface area (Å²) < 4.78 is 0. The molecule has 29 heavy (non-hydrogen) atoms. The Hall–Kier alpha value is -3.36. The number of nitrogens with zero attached hydrogens (tertiary/aromatic N) is 1. The summed E-state index contributed by atoms with van der Waals surface area (Å²) in [5.41, 5.74) is 2.35. The van der Waals surface area contributed by atoms with E-state index in [0.717, 1.165) is 5.69 Å². The topological polar surface area (TPSA) is 12.9 Å². The summed E-state index contributed by atoms with van der Waals surface area (Å²) in [6.07, 6.45) is 1.96. The third kappa shape index (κ3) is 2.10. The van der Waals surface area contributed by atoms with Crippen LogP contribution in [0.25, 0.3) is 54.3 Å². The van der Waals surface area contributed by atoms with Gasteiger partial charge in [-0.1, -0.05) is 72.4 Å². The average molecular weight is 385 g/mol. The van der Waals surface area contributed by atoms with E-state index in [4.69, 9.17) is 4.98 Å². The maximum absolute atomic E-state index is 4.84. The molecule has 134 valence electrons. The van der Waals surface area contributed by atoms with Crippen LogP contribution in [0, 0.1) is 0 Å². The molecule has 1 aliphatic rings. The number of fused-ring (bicyclic) bond motifs is 7. The minimum atomic E-state index is 1.10. The van der Waals surface area contributed by atoms with Gasteiger partial charge in [0, 0.05) is 26.9 Å². The number of benzene rings is 5. The number of pyridine rings is 1. The summed E-state index contributed by atoms with van der Waals surface area (Å²) in [6.45, 7) is 0. The first kappa shape index (κ1) is 15.5. The minimum absolute atomic E-state index is 1.10. The summed E-state index contributed by atoms with van der Waals surface area (Å²) in [5, 5.41) is 10.3. The van der Waals surface area contributed by atoms with Crippen LogP contribution >= 0.6 is 11.8 Å². The Kier molecular flexibility index (Phi) is 3.00. The molecule has 0 saturated carbocycles. The number of rotatable bonds is 0. The second-order valence-electron chi connectivity index (χ2n) is 7.64. The lowest BCUT2D eigenvalue weighted by molar-refractivity contribution is 1.30. The van der Waals surface area contributed by atoms with Crippen molar-refractivity contribution in [2.45, 2.75) is 9.79 Å². The van der Waals surface area contributed by atoms with Gasteiger partial charge in [-0.3, -0.25) is 4.98 Å². The first-order valence-electron chi connectivity index (χ1n) is 9.81. The van der Waals surface area contributed by atoms with Crippen LogP contribution in [0.1, 0.15) is 0 Å². The molecule has 5 aromatic carbocycles. The van der Waals surface area contributed by atoms with Crippen LogP contribution in [0.4, 0.5) is 0 Å². The zero-order valence-corrected chi connectivity index (χ0v) is 16.3. The number of hydrogen-bond donors (Lipinski definition) is 0. The lowest BCUT2D eigenvalue weighted by atomic mass is 9.94. The van der Waals surface area contributed by atoms with Gasteiger partial charge >= 0.3 is 0 Å². The Bertz CT molecular complexity index is 1630. The first-order valence-corrected chi connectivity index (χ1v) is 10.6. The van der Waals surface area contributed by atoms with Gasteiger partial charge in [0.15, 0.2) is 0 Å². The molecule has 2 heterocycles. The number of aromatic nitrogens is 1. The van der Waals surface area contributed by atoms with Crippen LogP contribution in [0.5, 0.6) is 0 Å². The average Bonchev–Trinajstić information content (AvgIpc) is 2.78. The highest BCUT2D eigenvalue weighted by molar-refractivity contribution is 7.99. The van der Waals surface area contributed by atoms with E-state index in [2.05, 4.69) is 84.9 Å². The quantitative estimate of drug-likeness (QED) is 0.247. The van der Waals surface area contributed by atoms with Gasteiger partial charge in [-0.2, -0.15) is 0 Å². The van der Waals surface area contributed by atoms with Crippen molar-refractivity contribution in [2.24, 2.45) is 0 Å². The maximum Gasteiger partial charge on any atom is 0.0803 e. The lowest BCUT2D eigenvalue weighted by Crippen LogP contribution is -1.96. The van der Waals surface area contributed by atoms with Gasteiger partial charge in [0.05, 0.1) is 5.69 Å². The molecule has 6 aromatic rings. The fourth-order valence-corrected chi connectivity index (χ4v) is 5.89. The van der Waals surface area contributed by atoms with Gasteiger partial charge in [0.2, 0.25) is 0 Å². The highest BCUT2D eigenvalue weighted by Gasteiger charge is 2.22. The summed E-state index contributed by atoms with van der Waals surface area (Å²) in [4.78, 5) is 7.43. The standard InChI is InChI=1S/C27H15NS/c1-2-7-18-14-24-23(13-17(18)6-1)27-26-21(11-12-28-27)20-10-9-16-5-3-4-8-19(16)22(20)15-25(26)29-24/h1-15H.